The van der Waals surface area contributed by atoms with E-state index in [2.05, 4.69) is 25.4 Å². The Morgan fingerprint density at radius 3 is 3.08 bits per heavy atom. The van der Waals surface area contributed by atoms with Gasteiger partial charge in [-0.2, -0.15) is 0 Å². The molecule has 0 bridgehead atoms. The molecule has 3 aromatic heterocycles. The molecule has 8 nitrogen and oxygen atoms in total. The van der Waals surface area contributed by atoms with Crippen LogP contribution in [0.25, 0.3) is 5.65 Å². The van der Waals surface area contributed by atoms with E-state index in [0.29, 0.717) is 17.9 Å². The van der Waals surface area contributed by atoms with Gasteiger partial charge in [-0.15, -0.1) is 10.2 Å². The Kier molecular flexibility index (Phi) is 3.44. The molecule has 24 heavy (non-hydrogen) atoms. The molecule has 8 heteroatoms. The van der Waals surface area contributed by atoms with Crippen molar-refractivity contribution in [2.45, 2.75) is 26.3 Å². The summed E-state index contributed by atoms with van der Waals surface area (Å²) in [6, 6.07) is 1.84. The summed E-state index contributed by atoms with van der Waals surface area (Å²) in [4.78, 5) is 19.0. The largest absolute Gasteiger partial charge is 0.466 e. The molecule has 1 N–H and O–H groups in total. The molecular weight excluding hydrogens is 308 g/mol. The predicted molar refractivity (Wildman–Crippen MR) is 87.0 cm³/mol. The van der Waals surface area contributed by atoms with Crippen molar-refractivity contribution in [3.63, 3.8) is 0 Å². The molecule has 0 saturated carbocycles. The second kappa shape index (κ2) is 5.63. The molecule has 1 fully saturated rings. The molecule has 4 rings (SSSR count). The van der Waals surface area contributed by atoms with E-state index < -0.39 is 0 Å². The van der Waals surface area contributed by atoms with Crippen LogP contribution in [0.2, 0.25) is 0 Å². The first-order valence-electron chi connectivity index (χ1n) is 7.89. The number of aromatic nitrogens is 4. The van der Waals surface area contributed by atoms with Gasteiger partial charge in [-0.1, -0.05) is 0 Å². The Labute approximate surface area is 138 Å². The first kappa shape index (κ1) is 14.7. The molecule has 3 aromatic rings. The lowest BCUT2D eigenvalue weighted by Gasteiger charge is -2.18. The van der Waals surface area contributed by atoms with Crippen molar-refractivity contribution in [1.82, 2.24) is 24.9 Å². The summed E-state index contributed by atoms with van der Waals surface area (Å²) < 4.78 is 7.27. The van der Waals surface area contributed by atoms with Crippen molar-refractivity contribution in [3.05, 3.63) is 41.9 Å². The Hall–Kier alpha value is -2.90. The fraction of sp³-hybridized carbons (Fsp3) is 0.375. The van der Waals surface area contributed by atoms with Crippen molar-refractivity contribution in [2.75, 3.05) is 18.0 Å². The fourth-order valence-corrected chi connectivity index (χ4v) is 3.16. The van der Waals surface area contributed by atoms with Gasteiger partial charge in [-0.3, -0.25) is 9.20 Å². The van der Waals surface area contributed by atoms with Crippen molar-refractivity contribution in [1.29, 1.82) is 0 Å². The van der Waals surface area contributed by atoms with Gasteiger partial charge in [0.1, 0.15) is 17.8 Å². The minimum absolute atomic E-state index is 0.0667. The minimum atomic E-state index is -0.0927. The topological polar surface area (TPSA) is 88.6 Å². The molecule has 0 aliphatic carbocycles. The first-order valence-corrected chi connectivity index (χ1v) is 7.89. The SMILES string of the molecule is Cc1cc(C(=O)NC2CCN(c3nccn4cnnc34)C2)c(C)o1. The number of rotatable bonds is 3. The van der Waals surface area contributed by atoms with Crippen molar-refractivity contribution in [3.8, 4) is 0 Å². The van der Waals surface area contributed by atoms with Crippen LogP contribution in [0.15, 0.2) is 29.2 Å². The number of carbonyl (C=O) groups excluding carboxylic acids is 1. The van der Waals surface area contributed by atoms with Crippen LogP contribution >= 0.6 is 0 Å². The maximum absolute atomic E-state index is 12.4. The smallest absolute Gasteiger partial charge is 0.255 e. The van der Waals surface area contributed by atoms with Gasteiger partial charge in [0, 0.05) is 31.5 Å². The van der Waals surface area contributed by atoms with E-state index in [-0.39, 0.29) is 11.9 Å². The fourth-order valence-electron chi connectivity index (χ4n) is 3.16. The molecule has 1 atom stereocenters. The van der Waals surface area contributed by atoms with E-state index in [4.69, 9.17) is 4.42 Å². The predicted octanol–water partition coefficient (Wildman–Crippen LogP) is 1.34. The Bertz CT molecular complexity index is 899. The Balaban J connectivity index is 1.48. The third kappa shape index (κ3) is 2.49. The number of furan rings is 1. The molecule has 1 saturated heterocycles. The van der Waals surface area contributed by atoms with E-state index >= 15 is 0 Å². The maximum Gasteiger partial charge on any atom is 0.255 e. The summed E-state index contributed by atoms with van der Waals surface area (Å²) in [6.45, 7) is 5.15. The normalized spacial score (nSPS) is 17.6. The van der Waals surface area contributed by atoms with Crippen LogP contribution in [0.1, 0.15) is 28.3 Å². The molecule has 1 unspecified atom stereocenters. The minimum Gasteiger partial charge on any atom is -0.466 e. The molecule has 0 aromatic carbocycles. The Morgan fingerprint density at radius 2 is 2.29 bits per heavy atom. The van der Waals surface area contributed by atoms with Crippen LogP contribution in [0.4, 0.5) is 5.82 Å². The third-order valence-corrected chi connectivity index (χ3v) is 4.31. The van der Waals surface area contributed by atoms with Crippen LogP contribution in [0.3, 0.4) is 0 Å². The summed E-state index contributed by atoms with van der Waals surface area (Å²) in [6.07, 6.45) is 6.06. The number of aryl methyl sites for hydroxylation is 2. The highest BCUT2D eigenvalue weighted by atomic mass is 16.3. The molecule has 1 aliphatic rings. The highest BCUT2D eigenvalue weighted by Crippen LogP contribution is 2.22. The van der Waals surface area contributed by atoms with Gasteiger partial charge in [0.15, 0.2) is 5.82 Å². The summed E-state index contributed by atoms with van der Waals surface area (Å²) in [5.41, 5.74) is 1.33. The van der Waals surface area contributed by atoms with Gasteiger partial charge in [0.05, 0.1) is 5.56 Å². The monoisotopic (exact) mass is 326 g/mol. The van der Waals surface area contributed by atoms with Gasteiger partial charge in [0.2, 0.25) is 5.65 Å². The van der Waals surface area contributed by atoms with Gasteiger partial charge in [0.25, 0.3) is 5.91 Å². The first-order chi connectivity index (χ1) is 11.6. The maximum atomic E-state index is 12.4. The summed E-state index contributed by atoms with van der Waals surface area (Å²) in [7, 11) is 0. The van der Waals surface area contributed by atoms with Crippen LogP contribution in [0.5, 0.6) is 0 Å². The molecule has 0 radical (unpaired) electrons. The zero-order chi connectivity index (χ0) is 16.7. The van der Waals surface area contributed by atoms with Crippen LogP contribution in [0, 0.1) is 13.8 Å². The van der Waals surface area contributed by atoms with E-state index in [1.165, 1.54) is 0 Å². The quantitative estimate of drug-likeness (QED) is 0.781. The summed E-state index contributed by atoms with van der Waals surface area (Å²) in [5, 5.41) is 11.1. The lowest BCUT2D eigenvalue weighted by atomic mass is 10.2. The number of nitrogens with one attached hydrogen (secondary N) is 1. The number of amides is 1. The van der Waals surface area contributed by atoms with Crippen molar-refractivity contribution < 1.29 is 9.21 Å². The van der Waals surface area contributed by atoms with Gasteiger partial charge < -0.3 is 14.6 Å². The zero-order valence-corrected chi connectivity index (χ0v) is 13.6. The lowest BCUT2D eigenvalue weighted by Crippen LogP contribution is -2.37. The van der Waals surface area contributed by atoms with E-state index in [1.807, 2.05) is 17.5 Å². The summed E-state index contributed by atoms with van der Waals surface area (Å²) in [5.74, 6) is 2.09. The number of carbonyl (C=O) groups is 1. The number of hydrogen-bond acceptors (Lipinski definition) is 6. The van der Waals surface area contributed by atoms with Crippen LogP contribution in [-0.2, 0) is 0 Å². The van der Waals surface area contributed by atoms with E-state index in [1.54, 1.807) is 25.5 Å². The van der Waals surface area contributed by atoms with Gasteiger partial charge in [-0.05, 0) is 26.3 Å². The van der Waals surface area contributed by atoms with Crippen molar-refractivity contribution >= 4 is 17.4 Å². The summed E-state index contributed by atoms with van der Waals surface area (Å²) >= 11 is 0. The zero-order valence-electron chi connectivity index (χ0n) is 13.6. The molecular formula is C16H18N6O2. The molecule has 0 spiro atoms. The lowest BCUT2D eigenvalue weighted by molar-refractivity contribution is 0.0939. The highest BCUT2D eigenvalue weighted by Gasteiger charge is 2.27. The number of anilines is 1. The molecule has 124 valence electrons. The molecule has 1 amide bonds. The average molecular weight is 326 g/mol. The number of nitrogens with zero attached hydrogens (tertiary/aromatic N) is 5. The second-order valence-electron chi connectivity index (χ2n) is 6.04. The average Bonchev–Trinajstić information content (AvgIpc) is 3.26. The van der Waals surface area contributed by atoms with Gasteiger partial charge in [-0.25, -0.2) is 4.98 Å². The third-order valence-electron chi connectivity index (χ3n) is 4.31. The van der Waals surface area contributed by atoms with Crippen LogP contribution in [-0.4, -0.2) is 44.6 Å². The molecule has 1 aliphatic heterocycles. The second-order valence-corrected chi connectivity index (χ2v) is 6.04. The standard InChI is InChI=1S/C16H18N6O2/c1-10-7-13(11(2)24-10)16(23)19-12-3-5-21(8-12)14-15-20-18-9-22(15)6-4-17-14/h4,6-7,9,12H,3,5,8H2,1-2H3,(H,19,23). The van der Waals surface area contributed by atoms with E-state index in [9.17, 15) is 4.79 Å². The number of fused-ring (bicyclic) bond motifs is 1. The van der Waals surface area contributed by atoms with Crippen molar-refractivity contribution in [2.24, 2.45) is 0 Å². The molecule has 4 heterocycles. The highest BCUT2D eigenvalue weighted by molar-refractivity contribution is 5.95. The number of hydrogen-bond donors (Lipinski definition) is 1. The van der Waals surface area contributed by atoms with Crippen LogP contribution < -0.4 is 10.2 Å². The van der Waals surface area contributed by atoms with E-state index in [0.717, 1.165) is 30.2 Å². The Morgan fingerprint density at radius 1 is 1.42 bits per heavy atom. The van der Waals surface area contributed by atoms with Gasteiger partial charge >= 0.3 is 0 Å².